The smallest absolute Gasteiger partial charge is 0.254 e. The van der Waals surface area contributed by atoms with E-state index < -0.39 is 0 Å². The van der Waals surface area contributed by atoms with E-state index in [4.69, 9.17) is 21.3 Å². The Bertz CT molecular complexity index is 1050. The summed E-state index contributed by atoms with van der Waals surface area (Å²) in [5.74, 6) is 1.43. The number of fused-ring (bicyclic) bond motifs is 1. The van der Waals surface area contributed by atoms with Gasteiger partial charge in [0.25, 0.3) is 5.91 Å². The number of carbonyl (C=O) groups is 1. The lowest BCUT2D eigenvalue weighted by Gasteiger charge is -2.20. The minimum absolute atomic E-state index is 0.00873. The summed E-state index contributed by atoms with van der Waals surface area (Å²) in [5.41, 5.74) is 4.71. The number of methoxy groups -OCH3 is 1. The van der Waals surface area contributed by atoms with Gasteiger partial charge in [0.1, 0.15) is 11.6 Å². The number of halogens is 1. The molecule has 0 bridgehead atoms. The highest BCUT2D eigenvalue weighted by atomic mass is 35.5. The van der Waals surface area contributed by atoms with E-state index in [1.54, 1.807) is 13.2 Å². The third-order valence-electron chi connectivity index (χ3n) is 5.18. The fourth-order valence-electron chi connectivity index (χ4n) is 3.71. The molecule has 0 saturated carbocycles. The van der Waals surface area contributed by atoms with Crippen molar-refractivity contribution in [3.8, 4) is 17.0 Å². The SMILES string of the molecule is COc1cccc(C(=O)N2CCc3nc(C)nc(-c4ccc(Cl)cc4)c3CC2)c1. The zero-order valence-electron chi connectivity index (χ0n) is 16.5. The third-order valence-corrected chi connectivity index (χ3v) is 5.43. The monoisotopic (exact) mass is 407 g/mol. The van der Waals surface area contributed by atoms with Gasteiger partial charge >= 0.3 is 0 Å². The van der Waals surface area contributed by atoms with Crippen LogP contribution in [0.2, 0.25) is 5.02 Å². The highest BCUT2D eigenvalue weighted by molar-refractivity contribution is 6.30. The second-order valence-corrected chi connectivity index (χ2v) is 7.51. The van der Waals surface area contributed by atoms with Crippen LogP contribution >= 0.6 is 11.6 Å². The minimum Gasteiger partial charge on any atom is -0.497 e. The predicted octanol–water partition coefficient (Wildman–Crippen LogP) is 4.36. The van der Waals surface area contributed by atoms with Gasteiger partial charge in [-0.05, 0) is 43.7 Å². The lowest BCUT2D eigenvalue weighted by molar-refractivity contribution is 0.0762. The average Bonchev–Trinajstić information content (AvgIpc) is 2.96. The van der Waals surface area contributed by atoms with Crippen LogP contribution in [0.3, 0.4) is 0 Å². The highest BCUT2D eigenvalue weighted by Crippen LogP contribution is 2.28. The van der Waals surface area contributed by atoms with Gasteiger partial charge in [0.05, 0.1) is 12.8 Å². The first kappa shape index (κ1) is 19.4. The number of carbonyl (C=O) groups excluding carboxylic acids is 1. The van der Waals surface area contributed by atoms with Crippen molar-refractivity contribution >= 4 is 17.5 Å². The first-order chi connectivity index (χ1) is 14.0. The fourth-order valence-corrected chi connectivity index (χ4v) is 3.84. The van der Waals surface area contributed by atoms with Crippen LogP contribution < -0.4 is 4.74 Å². The first-order valence-corrected chi connectivity index (χ1v) is 9.98. The standard InChI is InChI=1S/C23H22ClN3O2/c1-15-25-21-11-13-27(23(28)17-4-3-5-19(14-17)29-2)12-10-20(21)22(26-15)16-6-8-18(24)9-7-16/h3-9,14H,10-13H2,1-2H3. The molecule has 0 spiro atoms. The van der Waals surface area contributed by atoms with Crippen molar-refractivity contribution in [1.29, 1.82) is 0 Å². The van der Waals surface area contributed by atoms with Gasteiger partial charge in [-0.15, -0.1) is 0 Å². The molecule has 0 radical (unpaired) electrons. The Morgan fingerprint density at radius 2 is 1.83 bits per heavy atom. The van der Waals surface area contributed by atoms with Crippen molar-refractivity contribution < 1.29 is 9.53 Å². The molecule has 0 fully saturated rings. The molecule has 0 aliphatic carbocycles. The maximum absolute atomic E-state index is 13.1. The molecule has 1 aliphatic heterocycles. The largest absolute Gasteiger partial charge is 0.497 e. The molecule has 1 aliphatic rings. The Balaban J connectivity index is 1.63. The number of amides is 1. The van der Waals surface area contributed by atoms with Gasteiger partial charge < -0.3 is 9.64 Å². The molecule has 29 heavy (non-hydrogen) atoms. The number of hydrogen-bond acceptors (Lipinski definition) is 4. The normalized spacial score (nSPS) is 13.6. The molecule has 5 nitrogen and oxygen atoms in total. The zero-order chi connectivity index (χ0) is 20.4. The molecule has 148 valence electrons. The van der Waals surface area contributed by atoms with Crippen LogP contribution in [-0.4, -0.2) is 41.0 Å². The number of hydrogen-bond donors (Lipinski definition) is 0. The molecular weight excluding hydrogens is 386 g/mol. The maximum atomic E-state index is 13.1. The molecule has 3 aromatic rings. The van der Waals surface area contributed by atoms with Crippen LogP contribution in [0.5, 0.6) is 5.75 Å². The average molecular weight is 408 g/mol. The fraction of sp³-hybridized carbons (Fsp3) is 0.261. The van der Waals surface area contributed by atoms with Crippen LogP contribution in [0, 0.1) is 6.92 Å². The number of benzene rings is 2. The summed E-state index contributed by atoms with van der Waals surface area (Å²) in [6.07, 6.45) is 1.41. The van der Waals surface area contributed by atoms with Gasteiger partial charge in [0.15, 0.2) is 0 Å². The van der Waals surface area contributed by atoms with E-state index in [1.807, 2.05) is 54.3 Å². The molecule has 2 aromatic carbocycles. The van der Waals surface area contributed by atoms with Crippen molar-refractivity contribution in [3.05, 3.63) is 76.2 Å². The predicted molar refractivity (Wildman–Crippen MR) is 114 cm³/mol. The number of ether oxygens (including phenoxy) is 1. The number of aromatic nitrogens is 2. The maximum Gasteiger partial charge on any atom is 0.254 e. The van der Waals surface area contributed by atoms with E-state index in [0.717, 1.165) is 28.3 Å². The van der Waals surface area contributed by atoms with E-state index in [2.05, 4.69) is 4.98 Å². The molecule has 1 amide bonds. The van der Waals surface area contributed by atoms with Crippen LogP contribution in [-0.2, 0) is 12.8 Å². The Morgan fingerprint density at radius 3 is 2.59 bits per heavy atom. The summed E-state index contributed by atoms with van der Waals surface area (Å²) in [6, 6.07) is 15.0. The third kappa shape index (κ3) is 4.10. The van der Waals surface area contributed by atoms with Crippen molar-refractivity contribution in [2.45, 2.75) is 19.8 Å². The van der Waals surface area contributed by atoms with Gasteiger partial charge in [0, 0.05) is 46.9 Å². The number of rotatable bonds is 3. The van der Waals surface area contributed by atoms with Gasteiger partial charge in [-0.3, -0.25) is 4.79 Å². The molecule has 2 heterocycles. The molecule has 0 N–H and O–H groups in total. The number of aryl methyl sites for hydroxylation is 1. The summed E-state index contributed by atoms with van der Waals surface area (Å²) in [5, 5.41) is 0.695. The lowest BCUT2D eigenvalue weighted by atomic mass is 10.0. The van der Waals surface area contributed by atoms with Crippen LogP contribution in [0.4, 0.5) is 0 Å². The van der Waals surface area contributed by atoms with Crippen LogP contribution in [0.25, 0.3) is 11.3 Å². The molecule has 0 saturated heterocycles. The van der Waals surface area contributed by atoms with Crippen molar-refractivity contribution in [2.75, 3.05) is 20.2 Å². The van der Waals surface area contributed by atoms with E-state index in [-0.39, 0.29) is 5.91 Å². The second kappa shape index (κ2) is 8.21. The summed E-state index contributed by atoms with van der Waals surface area (Å²) >= 11 is 6.05. The van der Waals surface area contributed by atoms with Crippen LogP contribution in [0.1, 0.15) is 27.4 Å². The quantitative estimate of drug-likeness (QED) is 0.647. The van der Waals surface area contributed by atoms with E-state index in [0.29, 0.717) is 42.3 Å². The highest BCUT2D eigenvalue weighted by Gasteiger charge is 2.24. The summed E-state index contributed by atoms with van der Waals surface area (Å²) in [7, 11) is 1.60. The molecule has 4 rings (SSSR count). The van der Waals surface area contributed by atoms with Crippen LogP contribution in [0.15, 0.2) is 48.5 Å². The van der Waals surface area contributed by atoms with Crippen molar-refractivity contribution in [2.24, 2.45) is 0 Å². The van der Waals surface area contributed by atoms with Gasteiger partial charge in [-0.1, -0.05) is 29.8 Å². The Labute approximate surface area is 175 Å². The van der Waals surface area contributed by atoms with E-state index in [1.165, 1.54) is 0 Å². The van der Waals surface area contributed by atoms with Gasteiger partial charge in [-0.2, -0.15) is 0 Å². The van der Waals surface area contributed by atoms with Gasteiger partial charge in [0.2, 0.25) is 0 Å². The van der Waals surface area contributed by atoms with Crippen molar-refractivity contribution in [3.63, 3.8) is 0 Å². The Hall–Kier alpha value is -2.92. The second-order valence-electron chi connectivity index (χ2n) is 7.08. The molecule has 0 unspecified atom stereocenters. The Kier molecular flexibility index (Phi) is 5.49. The number of nitrogens with zero attached hydrogens (tertiary/aromatic N) is 3. The van der Waals surface area contributed by atoms with E-state index in [9.17, 15) is 4.79 Å². The summed E-state index contributed by atoms with van der Waals surface area (Å²) < 4.78 is 5.26. The Morgan fingerprint density at radius 1 is 1.07 bits per heavy atom. The van der Waals surface area contributed by atoms with Gasteiger partial charge in [-0.25, -0.2) is 9.97 Å². The topological polar surface area (TPSA) is 55.3 Å². The summed E-state index contributed by atoms with van der Waals surface area (Å²) in [6.45, 7) is 3.15. The molecular formula is C23H22ClN3O2. The molecule has 6 heteroatoms. The molecule has 1 aromatic heterocycles. The summed E-state index contributed by atoms with van der Waals surface area (Å²) in [4.78, 5) is 24.3. The zero-order valence-corrected chi connectivity index (χ0v) is 17.2. The molecule has 0 atom stereocenters. The first-order valence-electron chi connectivity index (χ1n) is 9.61. The lowest BCUT2D eigenvalue weighted by Crippen LogP contribution is -2.33. The van der Waals surface area contributed by atoms with E-state index >= 15 is 0 Å². The minimum atomic E-state index is 0.00873. The van der Waals surface area contributed by atoms with Crippen molar-refractivity contribution in [1.82, 2.24) is 14.9 Å².